The molecule has 4 rings (SSSR count). The first-order valence-corrected chi connectivity index (χ1v) is 9.97. The second-order valence-corrected chi connectivity index (χ2v) is 8.76. The maximum absolute atomic E-state index is 12.3. The van der Waals surface area contributed by atoms with Gasteiger partial charge in [-0.15, -0.1) is 0 Å². The molecule has 2 aliphatic heterocycles. The summed E-state index contributed by atoms with van der Waals surface area (Å²) in [7, 11) is 0. The number of nitrogens with one attached hydrogen (secondary N) is 2. The van der Waals surface area contributed by atoms with E-state index in [0.717, 1.165) is 28.1 Å². The molecule has 1 saturated heterocycles. The number of carbonyl (C=O) groups is 2. The minimum Gasteiger partial charge on any atom is -0.372 e. The highest BCUT2D eigenvalue weighted by Crippen LogP contribution is 2.42. The highest BCUT2D eigenvalue weighted by molar-refractivity contribution is 6.31. The van der Waals surface area contributed by atoms with Crippen LogP contribution in [0.15, 0.2) is 49.1 Å². The Bertz CT molecular complexity index is 1040. The molecule has 0 spiro atoms. The number of carbonyl (C=O) groups excluding carboxylic acids is 2. The molecule has 29 heavy (non-hydrogen) atoms. The normalized spacial score (nSPS) is 18.5. The van der Waals surface area contributed by atoms with E-state index in [1.54, 1.807) is 4.90 Å². The van der Waals surface area contributed by atoms with Crippen molar-refractivity contribution in [2.75, 3.05) is 23.7 Å². The van der Waals surface area contributed by atoms with Gasteiger partial charge in [-0.05, 0) is 61.7 Å². The van der Waals surface area contributed by atoms with Gasteiger partial charge in [0.2, 0.25) is 11.8 Å². The van der Waals surface area contributed by atoms with E-state index in [2.05, 4.69) is 17.2 Å². The Morgan fingerprint density at radius 2 is 1.97 bits per heavy atom. The van der Waals surface area contributed by atoms with Gasteiger partial charge in [-0.1, -0.05) is 36.4 Å². The van der Waals surface area contributed by atoms with Gasteiger partial charge in [0.25, 0.3) is 0 Å². The zero-order valence-electron chi connectivity index (χ0n) is 16.8. The summed E-state index contributed by atoms with van der Waals surface area (Å²) in [5, 5.41) is 7.28. The van der Waals surface area contributed by atoms with E-state index in [9.17, 15) is 9.59 Å². The Morgan fingerprint density at radius 1 is 1.24 bits per heavy atom. The fourth-order valence-corrected chi connectivity index (χ4v) is 4.46. The van der Waals surface area contributed by atoms with Gasteiger partial charge in [0.1, 0.15) is 0 Å². The Hall–Kier alpha value is -2.79. The molecule has 6 heteroatoms. The molecule has 0 saturated carbocycles. The first kappa shape index (κ1) is 19.5. The van der Waals surface area contributed by atoms with E-state index in [-0.39, 0.29) is 11.8 Å². The van der Waals surface area contributed by atoms with E-state index in [0.29, 0.717) is 18.1 Å². The van der Waals surface area contributed by atoms with E-state index < -0.39 is 11.0 Å². The summed E-state index contributed by atoms with van der Waals surface area (Å²) >= 11 is 6.38. The molecule has 0 unspecified atom stereocenters. The largest absolute Gasteiger partial charge is 0.372 e. The molecule has 0 aliphatic carbocycles. The molecule has 1 fully saturated rings. The molecule has 0 radical (unpaired) electrons. The molecule has 2 heterocycles. The van der Waals surface area contributed by atoms with Crippen molar-refractivity contribution in [1.82, 2.24) is 4.90 Å². The summed E-state index contributed by atoms with van der Waals surface area (Å²) in [6, 6.07) is 11.8. The zero-order chi connectivity index (χ0) is 21.0. The van der Waals surface area contributed by atoms with Crippen LogP contribution in [0.4, 0.5) is 11.4 Å². The van der Waals surface area contributed by atoms with Gasteiger partial charge in [-0.2, -0.15) is 0 Å². The van der Waals surface area contributed by atoms with Gasteiger partial charge in [0.05, 0.1) is 24.0 Å². The van der Waals surface area contributed by atoms with E-state index in [4.69, 9.17) is 11.6 Å². The average molecular weight is 410 g/mol. The van der Waals surface area contributed by atoms with E-state index >= 15 is 0 Å². The third-order valence-corrected chi connectivity index (χ3v) is 6.49. The predicted octanol–water partition coefficient (Wildman–Crippen LogP) is 4.21. The molecular weight excluding hydrogens is 386 g/mol. The van der Waals surface area contributed by atoms with Crippen molar-refractivity contribution in [3.63, 3.8) is 0 Å². The SMILES string of the molecule is C=CC(=O)N1CC(Nc2ccc3c(c2)NC(=O)C3(C)C)(c2cccc(Cl)c2C)C1. The monoisotopic (exact) mass is 409 g/mol. The molecule has 150 valence electrons. The van der Waals surface area contributed by atoms with Gasteiger partial charge in [-0.3, -0.25) is 9.59 Å². The Labute approximate surface area is 175 Å². The van der Waals surface area contributed by atoms with Gasteiger partial charge < -0.3 is 15.5 Å². The van der Waals surface area contributed by atoms with Crippen LogP contribution in [-0.2, 0) is 20.5 Å². The zero-order valence-corrected chi connectivity index (χ0v) is 17.6. The molecule has 2 N–H and O–H groups in total. The van der Waals surface area contributed by atoms with Crippen LogP contribution >= 0.6 is 11.6 Å². The highest BCUT2D eigenvalue weighted by atomic mass is 35.5. The van der Waals surface area contributed by atoms with Crippen molar-refractivity contribution in [3.8, 4) is 0 Å². The smallest absolute Gasteiger partial charge is 0.246 e. The third kappa shape index (κ3) is 3.01. The van der Waals surface area contributed by atoms with Crippen LogP contribution in [0, 0.1) is 6.92 Å². The van der Waals surface area contributed by atoms with Crippen LogP contribution in [0.25, 0.3) is 0 Å². The first-order chi connectivity index (χ1) is 13.7. The lowest BCUT2D eigenvalue weighted by atomic mass is 9.79. The second-order valence-electron chi connectivity index (χ2n) is 8.36. The van der Waals surface area contributed by atoms with Crippen molar-refractivity contribution in [2.24, 2.45) is 0 Å². The number of amides is 2. The Morgan fingerprint density at radius 3 is 2.66 bits per heavy atom. The number of likely N-dealkylation sites (tertiary alicyclic amines) is 1. The molecule has 5 nitrogen and oxygen atoms in total. The lowest BCUT2D eigenvalue weighted by Gasteiger charge is -2.51. The molecule has 0 atom stereocenters. The van der Waals surface area contributed by atoms with Gasteiger partial charge in [-0.25, -0.2) is 0 Å². The summed E-state index contributed by atoms with van der Waals surface area (Å²) in [5.41, 5.74) is 3.73. The first-order valence-electron chi connectivity index (χ1n) is 9.59. The van der Waals surface area contributed by atoms with E-state index in [1.807, 2.05) is 57.2 Å². The second kappa shape index (κ2) is 6.63. The van der Waals surface area contributed by atoms with Crippen LogP contribution < -0.4 is 10.6 Å². The highest BCUT2D eigenvalue weighted by Gasteiger charge is 2.47. The van der Waals surface area contributed by atoms with Crippen LogP contribution in [0.2, 0.25) is 5.02 Å². The van der Waals surface area contributed by atoms with Gasteiger partial charge >= 0.3 is 0 Å². The van der Waals surface area contributed by atoms with E-state index in [1.165, 1.54) is 6.08 Å². The standard InChI is InChI=1S/C23H24ClN3O2/c1-5-20(28)27-12-23(13-27,16-7-6-8-18(24)14(16)2)26-15-9-10-17-19(11-15)25-21(29)22(17,3)4/h5-11,26H,1,12-13H2,2-4H3,(H,25,29). The number of rotatable bonds is 4. The topological polar surface area (TPSA) is 61.4 Å². The number of hydrogen-bond donors (Lipinski definition) is 2. The minimum atomic E-state index is -0.543. The molecule has 2 aromatic carbocycles. The molecular formula is C23H24ClN3O2. The third-order valence-electron chi connectivity index (χ3n) is 6.08. The van der Waals surface area contributed by atoms with Crippen molar-refractivity contribution in [3.05, 3.63) is 70.8 Å². The molecule has 2 amide bonds. The Balaban J connectivity index is 1.70. The summed E-state index contributed by atoms with van der Waals surface area (Å²) in [6.07, 6.45) is 1.34. The fourth-order valence-electron chi connectivity index (χ4n) is 4.28. The van der Waals surface area contributed by atoms with Gasteiger partial charge in [0.15, 0.2) is 0 Å². The average Bonchev–Trinajstić information content (AvgIpc) is 2.88. The number of benzene rings is 2. The minimum absolute atomic E-state index is 0.00329. The number of nitrogens with zero attached hydrogens (tertiary/aromatic N) is 1. The Kier molecular flexibility index (Phi) is 4.46. The number of halogens is 1. The molecule has 2 aromatic rings. The number of hydrogen-bond acceptors (Lipinski definition) is 3. The molecule has 0 aromatic heterocycles. The van der Waals surface area contributed by atoms with Crippen molar-refractivity contribution in [2.45, 2.75) is 31.7 Å². The van der Waals surface area contributed by atoms with Crippen molar-refractivity contribution < 1.29 is 9.59 Å². The predicted molar refractivity (Wildman–Crippen MR) is 116 cm³/mol. The lowest BCUT2D eigenvalue weighted by Crippen LogP contribution is -2.65. The number of fused-ring (bicyclic) bond motifs is 1. The quantitative estimate of drug-likeness (QED) is 0.743. The van der Waals surface area contributed by atoms with Crippen molar-refractivity contribution >= 4 is 34.8 Å². The van der Waals surface area contributed by atoms with Crippen molar-refractivity contribution in [1.29, 1.82) is 0 Å². The number of anilines is 2. The van der Waals surface area contributed by atoms with Crippen LogP contribution in [0.1, 0.15) is 30.5 Å². The fraction of sp³-hybridized carbons (Fsp3) is 0.304. The maximum atomic E-state index is 12.3. The van der Waals surface area contributed by atoms with Crippen LogP contribution in [0.5, 0.6) is 0 Å². The maximum Gasteiger partial charge on any atom is 0.246 e. The molecule has 2 aliphatic rings. The summed E-state index contributed by atoms with van der Waals surface area (Å²) in [4.78, 5) is 26.1. The van der Waals surface area contributed by atoms with Gasteiger partial charge in [0, 0.05) is 16.4 Å². The summed E-state index contributed by atoms with van der Waals surface area (Å²) in [6.45, 7) is 10.4. The van der Waals surface area contributed by atoms with Crippen LogP contribution in [-0.4, -0.2) is 29.8 Å². The van der Waals surface area contributed by atoms with Crippen LogP contribution in [0.3, 0.4) is 0 Å². The lowest BCUT2D eigenvalue weighted by molar-refractivity contribution is -0.132. The summed E-state index contributed by atoms with van der Waals surface area (Å²) in [5.74, 6) is -0.0958. The summed E-state index contributed by atoms with van der Waals surface area (Å²) < 4.78 is 0. The molecule has 0 bridgehead atoms.